The maximum Gasteiger partial charge on any atom is 0 e. The maximum absolute atomic E-state index is 3.60. The van der Waals surface area contributed by atoms with Crippen LogP contribution in [0.15, 0.2) is 0 Å². The van der Waals surface area contributed by atoms with Crippen molar-refractivity contribution in [2.24, 2.45) is 0 Å². The van der Waals surface area contributed by atoms with E-state index in [-0.39, 0.29) is 38.6 Å². The van der Waals surface area contributed by atoms with E-state index in [1.807, 2.05) is 20.3 Å². The van der Waals surface area contributed by atoms with Crippen molar-refractivity contribution in [3.8, 4) is 0 Å². The van der Waals surface area contributed by atoms with Crippen LogP contribution < -0.4 is 0 Å². The largest absolute Gasteiger partial charge is 0.343 e. The van der Waals surface area contributed by atoms with E-state index in [4.69, 9.17) is 0 Å². The Morgan fingerprint density at radius 3 is 1.50 bits per heavy atom. The molecule has 1 radical (unpaired) electrons. The van der Waals surface area contributed by atoms with Gasteiger partial charge in [-0.05, 0) is 0 Å². The SMILES string of the molecule is C[CH-]C.[CH2-]CCC.[Tb]. The van der Waals surface area contributed by atoms with E-state index in [0.717, 1.165) is 6.42 Å². The number of hydrogen-bond donors (Lipinski definition) is 0. The average molecular weight is 259 g/mol. The van der Waals surface area contributed by atoms with Gasteiger partial charge in [-0.3, -0.25) is 0 Å². The summed E-state index contributed by atoms with van der Waals surface area (Å²) in [6.45, 7) is 9.72. The van der Waals surface area contributed by atoms with Crippen LogP contribution in [0.2, 0.25) is 0 Å². The minimum Gasteiger partial charge on any atom is -0.343 e. The Labute approximate surface area is 84.9 Å². The second-order valence-corrected chi connectivity index (χ2v) is 1.43. The average Bonchev–Trinajstić information content (AvgIpc) is 1.69. The molecular formula is C7H16Tb-2. The Morgan fingerprint density at radius 2 is 1.50 bits per heavy atom. The van der Waals surface area contributed by atoms with E-state index in [1.54, 1.807) is 0 Å². The number of unbranched alkanes of at least 4 members (excludes halogenated alkanes) is 1. The molecule has 0 heterocycles. The Kier molecular flexibility index (Phi) is 48.3. The zero-order chi connectivity index (χ0) is 6.12. The van der Waals surface area contributed by atoms with Gasteiger partial charge < -0.3 is 13.3 Å². The third-order valence-electron chi connectivity index (χ3n) is 0.354. The van der Waals surface area contributed by atoms with Crippen LogP contribution in [-0.2, 0) is 0 Å². The summed E-state index contributed by atoms with van der Waals surface area (Å²) in [7, 11) is 0. The Bertz CT molecular complexity index is 11.9. The summed E-state index contributed by atoms with van der Waals surface area (Å²) in [5.74, 6) is 0. The maximum atomic E-state index is 3.60. The van der Waals surface area contributed by atoms with E-state index in [9.17, 15) is 0 Å². The molecule has 1 heteroatoms. The van der Waals surface area contributed by atoms with Gasteiger partial charge in [0.1, 0.15) is 0 Å². The first-order valence-corrected chi connectivity index (χ1v) is 2.86. The fourth-order valence-electron chi connectivity index (χ4n) is 0. The molecule has 0 amide bonds. The molecule has 0 atom stereocenters. The van der Waals surface area contributed by atoms with Crippen LogP contribution in [0.3, 0.4) is 0 Å². The fraction of sp³-hybridized carbons (Fsp3) is 0.714. The predicted molar refractivity (Wildman–Crippen MR) is 35.9 cm³/mol. The molecule has 0 aromatic carbocycles. The fourth-order valence-corrected chi connectivity index (χ4v) is 0. The third kappa shape index (κ3) is 55.1. The van der Waals surface area contributed by atoms with Gasteiger partial charge in [0, 0.05) is 38.6 Å². The molecule has 0 N–H and O–H groups in total. The molecule has 0 nitrogen and oxygen atoms in total. The quantitative estimate of drug-likeness (QED) is 0.635. The first-order chi connectivity index (χ1) is 3.33. The molecule has 0 aromatic rings. The van der Waals surface area contributed by atoms with Crippen molar-refractivity contribution in [1.82, 2.24) is 0 Å². The molecule has 0 saturated carbocycles. The van der Waals surface area contributed by atoms with Crippen molar-refractivity contribution in [1.29, 1.82) is 0 Å². The van der Waals surface area contributed by atoms with E-state index in [1.165, 1.54) is 6.42 Å². The molecule has 0 rings (SSSR count). The molecule has 0 aliphatic heterocycles. The predicted octanol–water partition coefficient (Wildman–Crippen LogP) is 2.85. The summed E-state index contributed by atoms with van der Waals surface area (Å²) in [6, 6.07) is 0. The summed E-state index contributed by atoms with van der Waals surface area (Å²) in [6.07, 6.45) is 4.28. The van der Waals surface area contributed by atoms with Gasteiger partial charge in [-0.15, -0.1) is 0 Å². The van der Waals surface area contributed by atoms with Crippen LogP contribution in [0.5, 0.6) is 0 Å². The topological polar surface area (TPSA) is 0 Å². The molecule has 0 aromatic heterocycles. The number of hydrogen-bond acceptors (Lipinski definition) is 0. The zero-order valence-electron chi connectivity index (χ0n) is 6.03. The van der Waals surface area contributed by atoms with E-state index < -0.39 is 0 Å². The molecule has 8 heavy (non-hydrogen) atoms. The Hall–Kier alpha value is 1.29. The van der Waals surface area contributed by atoms with Gasteiger partial charge in [-0.2, -0.15) is 20.3 Å². The van der Waals surface area contributed by atoms with Crippen molar-refractivity contribution >= 4 is 0 Å². The molecule has 0 unspecified atom stereocenters. The van der Waals surface area contributed by atoms with Gasteiger partial charge in [-0.1, -0.05) is 13.3 Å². The summed E-state index contributed by atoms with van der Waals surface area (Å²) in [5.41, 5.74) is 0. The van der Waals surface area contributed by atoms with Gasteiger partial charge >= 0.3 is 0 Å². The van der Waals surface area contributed by atoms with Crippen molar-refractivity contribution in [3.63, 3.8) is 0 Å². The Balaban J connectivity index is -0.0000000575. The van der Waals surface area contributed by atoms with Crippen LogP contribution in [0.4, 0.5) is 0 Å². The van der Waals surface area contributed by atoms with E-state index >= 15 is 0 Å². The molecule has 0 bridgehead atoms. The van der Waals surface area contributed by atoms with Crippen molar-refractivity contribution in [2.45, 2.75) is 33.6 Å². The van der Waals surface area contributed by atoms with Crippen LogP contribution in [0.1, 0.15) is 33.6 Å². The molecule has 0 saturated heterocycles. The van der Waals surface area contributed by atoms with Gasteiger partial charge in [-0.25, -0.2) is 0 Å². The minimum absolute atomic E-state index is 0. The molecular weight excluding hydrogens is 243 g/mol. The second-order valence-electron chi connectivity index (χ2n) is 1.43. The van der Waals surface area contributed by atoms with Crippen molar-refractivity contribution in [2.75, 3.05) is 0 Å². The normalized spacial score (nSPS) is 6.00. The molecule has 0 spiro atoms. The summed E-state index contributed by atoms with van der Waals surface area (Å²) in [5, 5.41) is 0. The van der Waals surface area contributed by atoms with Gasteiger partial charge in [0.2, 0.25) is 0 Å². The first kappa shape index (κ1) is 16.1. The number of rotatable bonds is 1. The second kappa shape index (κ2) is 23.9. The third-order valence-corrected chi connectivity index (χ3v) is 0.354. The van der Waals surface area contributed by atoms with E-state index in [0.29, 0.717) is 0 Å². The first-order valence-electron chi connectivity index (χ1n) is 2.86. The van der Waals surface area contributed by atoms with E-state index in [2.05, 4.69) is 13.8 Å². The van der Waals surface area contributed by atoms with Crippen LogP contribution in [0, 0.1) is 52.0 Å². The van der Waals surface area contributed by atoms with Crippen molar-refractivity contribution < 1.29 is 38.6 Å². The van der Waals surface area contributed by atoms with Crippen LogP contribution in [-0.4, -0.2) is 0 Å². The van der Waals surface area contributed by atoms with Crippen LogP contribution >= 0.6 is 0 Å². The summed E-state index contributed by atoms with van der Waals surface area (Å²) in [4.78, 5) is 0. The summed E-state index contributed by atoms with van der Waals surface area (Å²) >= 11 is 0. The smallest absolute Gasteiger partial charge is 0 e. The van der Waals surface area contributed by atoms with Crippen LogP contribution in [0.25, 0.3) is 0 Å². The van der Waals surface area contributed by atoms with Gasteiger partial charge in [0.05, 0.1) is 0 Å². The Morgan fingerprint density at radius 1 is 1.38 bits per heavy atom. The minimum atomic E-state index is 0. The monoisotopic (exact) mass is 259 g/mol. The molecule has 0 aliphatic rings. The van der Waals surface area contributed by atoms with Crippen molar-refractivity contribution in [3.05, 3.63) is 13.3 Å². The summed E-state index contributed by atoms with van der Waals surface area (Å²) < 4.78 is 0. The standard InChI is InChI=1S/C4H9.C3H7.Tb/c1-3-4-2;1-3-2;/h1,3-4H2,2H3;3H,1-2H3;/q2*-1;. The van der Waals surface area contributed by atoms with Gasteiger partial charge in [0.25, 0.3) is 0 Å². The molecule has 0 fully saturated rings. The van der Waals surface area contributed by atoms with Gasteiger partial charge in [0.15, 0.2) is 0 Å². The molecule has 55 valence electrons. The zero-order valence-corrected chi connectivity index (χ0v) is 8.17. The molecule has 0 aliphatic carbocycles.